The summed E-state index contributed by atoms with van der Waals surface area (Å²) < 4.78 is 5.52. The van der Waals surface area contributed by atoms with Crippen molar-refractivity contribution in [1.82, 2.24) is 5.32 Å². The molecule has 3 N–H and O–H groups in total. The van der Waals surface area contributed by atoms with Crippen LogP contribution in [-0.4, -0.2) is 36.8 Å². The number of nitrogens with one attached hydrogen (secondary N) is 2. The second-order valence-corrected chi connectivity index (χ2v) is 4.33. The van der Waals surface area contributed by atoms with E-state index in [4.69, 9.17) is 4.74 Å². The molecule has 1 heterocycles. The summed E-state index contributed by atoms with van der Waals surface area (Å²) in [6.07, 6.45) is 2.02. The van der Waals surface area contributed by atoms with Crippen molar-refractivity contribution >= 4 is 11.6 Å². The summed E-state index contributed by atoms with van der Waals surface area (Å²) in [4.78, 5) is 11.6. The molecule has 0 atom stereocenters. The minimum Gasteiger partial charge on any atom is -0.506 e. The molecule has 2 rings (SSSR count). The summed E-state index contributed by atoms with van der Waals surface area (Å²) >= 11 is 0. The van der Waals surface area contributed by atoms with Crippen LogP contribution < -0.4 is 10.6 Å². The summed E-state index contributed by atoms with van der Waals surface area (Å²) in [7, 11) is 0. The van der Waals surface area contributed by atoms with Crippen molar-refractivity contribution < 1.29 is 14.6 Å². The van der Waals surface area contributed by atoms with Crippen LogP contribution in [0.1, 0.15) is 12.8 Å². The largest absolute Gasteiger partial charge is 0.506 e. The van der Waals surface area contributed by atoms with Gasteiger partial charge in [-0.1, -0.05) is 12.1 Å². The van der Waals surface area contributed by atoms with Gasteiger partial charge in [0.2, 0.25) is 5.91 Å². The van der Waals surface area contributed by atoms with E-state index in [1.165, 1.54) is 6.07 Å². The first-order valence-electron chi connectivity index (χ1n) is 6.16. The molecule has 1 saturated heterocycles. The van der Waals surface area contributed by atoms with Gasteiger partial charge in [-0.15, -0.1) is 0 Å². The fraction of sp³-hybridized carbons (Fsp3) is 0.462. The Kier molecular flexibility index (Phi) is 4.55. The Hall–Kier alpha value is -1.59. The minimum atomic E-state index is -0.241. The molecule has 1 aliphatic rings. The van der Waals surface area contributed by atoms with Crippen molar-refractivity contribution in [2.75, 3.05) is 25.0 Å². The van der Waals surface area contributed by atoms with E-state index < -0.39 is 0 Å². The maximum absolute atomic E-state index is 11.6. The zero-order chi connectivity index (χ0) is 12.8. The Bertz CT molecular complexity index is 403. The number of amides is 1. The SMILES string of the molecule is O=C(COC1CCNCC1)Nc1ccccc1O. The average Bonchev–Trinajstić information content (AvgIpc) is 2.40. The molecule has 98 valence electrons. The third-order valence-electron chi connectivity index (χ3n) is 2.91. The van der Waals surface area contributed by atoms with Crippen molar-refractivity contribution in [3.8, 4) is 5.75 Å². The smallest absolute Gasteiger partial charge is 0.250 e. The highest BCUT2D eigenvalue weighted by molar-refractivity contribution is 5.93. The van der Waals surface area contributed by atoms with E-state index in [1.807, 2.05) is 0 Å². The molecule has 0 aromatic heterocycles. The summed E-state index contributed by atoms with van der Waals surface area (Å²) in [6.45, 7) is 1.90. The third kappa shape index (κ3) is 3.72. The molecule has 5 nitrogen and oxygen atoms in total. The molecule has 0 bridgehead atoms. The van der Waals surface area contributed by atoms with Crippen LogP contribution in [0.4, 0.5) is 5.69 Å². The molecule has 0 radical (unpaired) electrons. The number of hydrogen-bond donors (Lipinski definition) is 3. The summed E-state index contributed by atoms with van der Waals surface area (Å²) in [5.41, 5.74) is 0.413. The number of benzene rings is 1. The molecule has 1 aromatic rings. The first-order chi connectivity index (χ1) is 8.75. The van der Waals surface area contributed by atoms with E-state index in [0.29, 0.717) is 5.69 Å². The zero-order valence-electron chi connectivity index (χ0n) is 10.2. The molecule has 1 aliphatic heterocycles. The Morgan fingerprint density at radius 3 is 2.83 bits per heavy atom. The maximum Gasteiger partial charge on any atom is 0.250 e. The molecular formula is C13H18N2O3. The number of para-hydroxylation sites is 2. The summed E-state index contributed by atoms with van der Waals surface area (Å²) in [5, 5.41) is 15.4. The number of hydrogen-bond acceptors (Lipinski definition) is 4. The van der Waals surface area contributed by atoms with E-state index in [0.717, 1.165) is 25.9 Å². The van der Waals surface area contributed by atoms with Crippen LogP contribution in [-0.2, 0) is 9.53 Å². The number of aromatic hydroxyl groups is 1. The molecule has 5 heteroatoms. The van der Waals surface area contributed by atoms with Crippen LogP contribution in [0.2, 0.25) is 0 Å². The molecule has 18 heavy (non-hydrogen) atoms. The fourth-order valence-electron chi connectivity index (χ4n) is 1.92. The number of ether oxygens (including phenoxy) is 1. The second-order valence-electron chi connectivity index (χ2n) is 4.33. The van der Waals surface area contributed by atoms with Crippen molar-refractivity contribution in [1.29, 1.82) is 0 Å². The molecule has 1 fully saturated rings. The third-order valence-corrected chi connectivity index (χ3v) is 2.91. The van der Waals surface area contributed by atoms with Gasteiger partial charge in [0.15, 0.2) is 0 Å². The number of rotatable bonds is 4. The number of piperidine rings is 1. The predicted molar refractivity (Wildman–Crippen MR) is 68.6 cm³/mol. The van der Waals surface area contributed by atoms with Crippen molar-refractivity contribution in [3.05, 3.63) is 24.3 Å². The number of carbonyl (C=O) groups excluding carboxylic acids is 1. The van der Waals surface area contributed by atoms with Gasteiger partial charge < -0.3 is 20.5 Å². The van der Waals surface area contributed by atoms with Gasteiger partial charge >= 0.3 is 0 Å². The van der Waals surface area contributed by atoms with Crippen molar-refractivity contribution in [2.45, 2.75) is 18.9 Å². The van der Waals surface area contributed by atoms with Gasteiger partial charge in [0.25, 0.3) is 0 Å². The van der Waals surface area contributed by atoms with E-state index in [-0.39, 0.29) is 24.4 Å². The lowest BCUT2D eigenvalue weighted by atomic mass is 10.1. The van der Waals surface area contributed by atoms with Crippen molar-refractivity contribution in [3.63, 3.8) is 0 Å². The van der Waals surface area contributed by atoms with Gasteiger partial charge in [0.1, 0.15) is 12.4 Å². The quantitative estimate of drug-likeness (QED) is 0.700. The average molecular weight is 250 g/mol. The number of phenols is 1. The molecule has 0 saturated carbocycles. The van der Waals surface area contributed by atoms with Crippen LogP contribution in [0.25, 0.3) is 0 Å². The van der Waals surface area contributed by atoms with Gasteiger partial charge in [0, 0.05) is 0 Å². The van der Waals surface area contributed by atoms with Crippen LogP contribution >= 0.6 is 0 Å². The van der Waals surface area contributed by atoms with E-state index >= 15 is 0 Å². The van der Waals surface area contributed by atoms with Gasteiger partial charge in [-0.2, -0.15) is 0 Å². The predicted octanol–water partition coefficient (Wildman–Crippen LogP) is 1.10. The highest BCUT2D eigenvalue weighted by atomic mass is 16.5. The van der Waals surface area contributed by atoms with Crippen molar-refractivity contribution in [2.24, 2.45) is 0 Å². The first-order valence-corrected chi connectivity index (χ1v) is 6.16. The Labute approximate surface area is 106 Å². The topological polar surface area (TPSA) is 70.6 Å². The monoisotopic (exact) mass is 250 g/mol. The lowest BCUT2D eigenvalue weighted by molar-refractivity contribution is -0.123. The Morgan fingerprint density at radius 2 is 2.11 bits per heavy atom. The minimum absolute atomic E-state index is 0.0268. The van der Waals surface area contributed by atoms with Crippen LogP contribution in [0, 0.1) is 0 Å². The van der Waals surface area contributed by atoms with Gasteiger partial charge in [0.05, 0.1) is 11.8 Å². The normalized spacial score (nSPS) is 16.4. The molecule has 0 unspecified atom stereocenters. The first kappa shape index (κ1) is 12.9. The highest BCUT2D eigenvalue weighted by Gasteiger charge is 2.15. The van der Waals surface area contributed by atoms with E-state index in [1.54, 1.807) is 18.2 Å². The molecule has 1 aromatic carbocycles. The maximum atomic E-state index is 11.6. The molecule has 0 aliphatic carbocycles. The number of phenolic OH excluding ortho intramolecular Hbond substituents is 1. The standard InChI is InChI=1S/C13H18N2O3/c16-12-4-2-1-3-11(12)15-13(17)9-18-10-5-7-14-8-6-10/h1-4,10,14,16H,5-9H2,(H,15,17). The van der Waals surface area contributed by atoms with E-state index in [2.05, 4.69) is 10.6 Å². The lowest BCUT2D eigenvalue weighted by Gasteiger charge is -2.22. The van der Waals surface area contributed by atoms with E-state index in [9.17, 15) is 9.90 Å². The van der Waals surface area contributed by atoms with Crippen LogP contribution in [0.15, 0.2) is 24.3 Å². The number of carbonyl (C=O) groups is 1. The Balaban J connectivity index is 1.76. The zero-order valence-corrected chi connectivity index (χ0v) is 10.2. The molecular weight excluding hydrogens is 232 g/mol. The van der Waals surface area contributed by atoms with Gasteiger partial charge in [-0.05, 0) is 38.1 Å². The highest BCUT2D eigenvalue weighted by Crippen LogP contribution is 2.21. The van der Waals surface area contributed by atoms with Gasteiger partial charge in [-0.25, -0.2) is 0 Å². The van der Waals surface area contributed by atoms with Crippen LogP contribution in [0.3, 0.4) is 0 Å². The summed E-state index contributed by atoms with van der Waals surface area (Å²) in [5.74, 6) is -0.178. The van der Waals surface area contributed by atoms with Gasteiger partial charge in [-0.3, -0.25) is 4.79 Å². The Morgan fingerprint density at radius 1 is 1.39 bits per heavy atom. The van der Waals surface area contributed by atoms with Crippen LogP contribution in [0.5, 0.6) is 5.75 Å². The number of anilines is 1. The fourth-order valence-corrected chi connectivity index (χ4v) is 1.92. The second kappa shape index (κ2) is 6.37. The molecule has 1 amide bonds. The summed E-state index contributed by atoms with van der Waals surface area (Å²) in [6, 6.07) is 6.64. The lowest BCUT2D eigenvalue weighted by Crippen LogP contribution is -2.34. The molecule has 0 spiro atoms.